The Balaban J connectivity index is 0. The van der Waals surface area contributed by atoms with Crippen LogP contribution in [-0.2, 0) is 120 Å². The molecule has 0 amide bonds. The van der Waals surface area contributed by atoms with E-state index < -0.39 is 0 Å². The third-order valence-corrected chi connectivity index (χ3v) is 0. The van der Waals surface area contributed by atoms with E-state index in [4.69, 9.17) is 0 Å². The average Bonchev–Trinajstić information content (AvgIpc) is 0. The van der Waals surface area contributed by atoms with Gasteiger partial charge in [-0.3, -0.25) is 0 Å². The smallest absolute Gasteiger partial charge is 0 e. The number of hydrogen-bond donors (Lipinski definition) is 0. The van der Waals surface area contributed by atoms with Crippen LogP contribution in [-0.4, -0.2) is 0 Å². The van der Waals surface area contributed by atoms with Crippen molar-refractivity contribution < 1.29 is 120 Å². The minimum atomic E-state index is 0. The fourth-order valence-corrected chi connectivity index (χ4v) is 0. The van der Waals surface area contributed by atoms with Crippen LogP contribution in [0.4, 0.5) is 0 Å². The summed E-state index contributed by atoms with van der Waals surface area (Å²) in [5, 5.41) is 0. The molecule has 0 aliphatic rings. The van der Waals surface area contributed by atoms with E-state index in [0.717, 1.165) is 0 Å². The Morgan fingerprint density at radius 3 is 0.833 bits per heavy atom. The van der Waals surface area contributed by atoms with E-state index in [0.29, 0.717) is 0 Å². The molecule has 6 heavy (non-hydrogen) atoms. The Morgan fingerprint density at radius 1 is 0.833 bits per heavy atom. The van der Waals surface area contributed by atoms with Crippen molar-refractivity contribution in [3.05, 3.63) is 0 Å². The molecule has 2 radical (unpaired) electrons. The topological polar surface area (TPSA) is 0 Å². The third-order valence-electron chi connectivity index (χ3n) is 0. The molecule has 0 rings (SSSR count). The molecule has 0 N–H and O–H groups in total. The van der Waals surface area contributed by atoms with Crippen LogP contribution >= 0.6 is 0 Å². The van der Waals surface area contributed by atoms with Crippen molar-refractivity contribution in [3.63, 3.8) is 0 Å². The summed E-state index contributed by atoms with van der Waals surface area (Å²) in [6.45, 7) is 0. The second kappa shape index (κ2) is 36.8. The van der Waals surface area contributed by atoms with Crippen LogP contribution in [0.5, 0.6) is 0 Å². The first kappa shape index (κ1) is 52.1. The molecule has 0 aliphatic carbocycles. The normalized spacial score (nSPS) is 0. The predicted molar refractivity (Wildman–Crippen MR) is 0 cm³/mol. The molecule has 0 fully saturated rings. The Kier molecular flexibility index (Phi) is 320. The quantitative estimate of drug-likeness (QED) is 0.452. The molecular formula is CuMo2NbNiTi. The second-order valence-corrected chi connectivity index (χ2v) is 0. The van der Waals surface area contributed by atoms with Crippen LogP contribution in [0.15, 0.2) is 0 Å². The zero-order chi connectivity index (χ0) is 0. The predicted octanol–water partition coefficient (Wildman–Crippen LogP) is -0.0150. The van der Waals surface area contributed by atoms with Gasteiger partial charge in [0.25, 0.3) is 0 Å². The Hall–Kier alpha value is 3.84. The number of hydrogen-bond acceptors (Lipinski definition) is 0. The molecule has 0 heterocycles. The molecule has 0 atom stereocenters. The maximum absolute atomic E-state index is 0. The third kappa shape index (κ3) is 24.9. The van der Waals surface area contributed by atoms with Crippen molar-refractivity contribution in [1.29, 1.82) is 0 Å². The van der Waals surface area contributed by atoms with Crippen LogP contribution in [0.25, 0.3) is 0 Å². The fourth-order valence-electron chi connectivity index (χ4n) is 0. The van der Waals surface area contributed by atoms with Crippen LogP contribution in [0.1, 0.15) is 0 Å². The molecular weight excluding hydrogens is 455 g/mol. The van der Waals surface area contributed by atoms with Crippen molar-refractivity contribution in [2.24, 2.45) is 0 Å². The molecule has 6 heteroatoms. The molecule has 0 saturated carbocycles. The average molecular weight is 455 g/mol. The zero-order valence-corrected chi connectivity index (χ0v) is 12.1. The van der Waals surface area contributed by atoms with Crippen molar-refractivity contribution in [1.82, 2.24) is 0 Å². The summed E-state index contributed by atoms with van der Waals surface area (Å²) >= 11 is 0. The van der Waals surface area contributed by atoms with Gasteiger partial charge in [0.05, 0.1) is 0 Å². The summed E-state index contributed by atoms with van der Waals surface area (Å²) in [7, 11) is 0. The molecule has 0 aromatic rings. The van der Waals surface area contributed by atoms with E-state index in [1.807, 2.05) is 0 Å². The molecule has 0 spiro atoms. The Labute approximate surface area is 117 Å². The second-order valence-electron chi connectivity index (χ2n) is 0. The van der Waals surface area contributed by atoms with Gasteiger partial charge in [-0.15, -0.1) is 0 Å². The first-order valence-corrected chi connectivity index (χ1v) is 0. The van der Waals surface area contributed by atoms with Crippen LogP contribution in [0.2, 0.25) is 0 Å². The first-order valence-electron chi connectivity index (χ1n) is 0. The van der Waals surface area contributed by atoms with Crippen molar-refractivity contribution in [2.75, 3.05) is 0 Å². The van der Waals surface area contributed by atoms with E-state index in [9.17, 15) is 0 Å². The first-order chi connectivity index (χ1) is 0. The van der Waals surface area contributed by atoms with Gasteiger partial charge in [-0.05, 0) is 0 Å². The summed E-state index contributed by atoms with van der Waals surface area (Å²) < 4.78 is 0. The summed E-state index contributed by atoms with van der Waals surface area (Å²) in [6, 6.07) is 0. The summed E-state index contributed by atoms with van der Waals surface area (Å²) in [6.07, 6.45) is 0. The van der Waals surface area contributed by atoms with E-state index in [1.165, 1.54) is 0 Å². The minimum Gasteiger partial charge on any atom is 0 e. The largest absolute Gasteiger partial charge is 0 e. The number of rotatable bonds is 0. The Morgan fingerprint density at radius 2 is 0.833 bits per heavy atom. The summed E-state index contributed by atoms with van der Waals surface area (Å²) in [5.41, 5.74) is 0. The molecule has 0 aromatic heterocycles. The fraction of sp³-hybridized carbons (Fsp3) is 0. The van der Waals surface area contributed by atoms with Gasteiger partial charge >= 0.3 is 0 Å². The Bertz CT molecular complexity index is 13.5. The van der Waals surface area contributed by atoms with Gasteiger partial charge in [-0.2, -0.15) is 0 Å². The monoisotopic (exact) mass is 458 g/mol. The van der Waals surface area contributed by atoms with E-state index in [2.05, 4.69) is 0 Å². The molecule has 0 saturated heterocycles. The summed E-state index contributed by atoms with van der Waals surface area (Å²) in [5.74, 6) is 0. The van der Waals surface area contributed by atoms with Gasteiger partial charge in [0.1, 0.15) is 0 Å². The van der Waals surface area contributed by atoms with Crippen molar-refractivity contribution in [3.8, 4) is 0 Å². The van der Waals surface area contributed by atoms with Gasteiger partial charge in [0, 0.05) is 120 Å². The molecule has 42 valence electrons. The SMILES string of the molecule is [Cu].[Mo].[Mo].[Nb].[Ni].[Ti]. The van der Waals surface area contributed by atoms with Crippen LogP contribution < -0.4 is 0 Å². The summed E-state index contributed by atoms with van der Waals surface area (Å²) in [4.78, 5) is 0. The maximum atomic E-state index is 0. The van der Waals surface area contributed by atoms with E-state index >= 15 is 0 Å². The zero-order valence-electron chi connectivity index (χ0n) is 2.38. The van der Waals surface area contributed by atoms with Crippen LogP contribution in [0.3, 0.4) is 0 Å². The minimum absolute atomic E-state index is 0. The van der Waals surface area contributed by atoms with Crippen molar-refractivity contribution >= 4 is 0 Å². The standard InChI is InChI=1S/Cu.2Mo.Nb.Ni.Ti. The molecule has 0 aromatic carbocycles. The van der Waals surface area contributed by atoms with Gasteiger partial charge in [-0.25, -0.2) is 0 Å². The van der Waals surface area contributed by atoms with Gasteiger partial charge in [-0.1, -0.05) is 0 Å². The maximum Gasteiger partial charge on any atom is 0 e. The molecule has 0 aliphatic heterocycles. The van der Waals surface area contributed by atoms with E-state index in [1.54, 1.807) is 0 Å². The van der Waals surface area contributed by atoms with Gasteiger partial charge < -0.3 is 0 Å². The van der Waals surface area contributed by atoms with Gasteiger partial charge in [0.2, 0.25) is 0 Å². The molecule has 0 unspecified atom stereocenters. The van der Waals surface area contributed by atoms with E-state index in [-0.39, 0.29) is 120 Å². The van der Waals surface area contributed by atoms with Gasteiger partial charge in [0.15, 0.2) is 0 Å². The molecule has 0 nitrogen and oxygen atoms in total. The molecule has 0 bridgehead atoms. The van der Waals surface area contributed by atoms with Crippen LogP contribution in [0, 0.1) is 0 Å². The van der Waals surface area contributed by atoms with Crippen molar-refractivity contribution in [2.45, 2.75) is 0 Å².